The summed E-state index contributed by atoms with van der Waals surface area (Å²) in [7, 11) is 0. The van der Waals surface area contributed by atoms with Gasteiger partial charge in [-0.2, -0.15) is 10.1 Å². The molecule has 12 heteroatoms. The number of pyridine rings is 1. The average Bonchev–Trinajstić information content (AvgIpc) is 3.64. The van der Waals surface area contributed by atoms with E-state index in [2.05, 4.69) is 35.8 Å². The molecular weight excluding hydrogens is 476 g/mol. The van der Waals surface area contributed by atoms with Gasteiger partial charge in [0.1, 0.15) is 5.69 Å². The molecule has 0 spiro atoms. The van der Waals surface area contributed by atoms with Crippen molar-refractivity contribution < 1.29 is 19.2 Å². The number of hydrogen-bond acceptors (Lipinski definition) is 8. The van der Waals surface area contributed by atoms with Crippen LogP contribution in [0, 0.1) is 6.92 Å². The van der Waals surface area contributed by atoms with Crippen LogP contribution in [0.3, 0.4) is 0 Å². The summed E-state index contributed by atoms with van der Waals surface area (Å²) in [6, 6.07) is 3.24. The lowest BCUT2D eigenvalue weighted by Gasteiger charge is -2.17. The maximum Gasteiger partial charge on any atom is 0.323 e. The number of hydrogen-bond donors (Lipinski definition) is 3. The van der Waals surface area contributed by atoms with Crippen LogP contribution in [0.2, 0.25) is 0 Å². The molecule has 4 aromatic rings. The summed E-state index contributed by atoms with van der Waals surface area (Å²) in [4.78, 5) is 36.7. The molecule has 1 aliphatic rings. The Balaban J connectivity index is 1.25. The Labute approximate surface area is 212 Å². The van der Waals surface area contributed by atoms with Gasteiger partial charge in [0, 0.05) is 24.8 Å². The third kappa shape index (κ3) is 5.57. The van der Waals surface area contributed by atoms with E-state index in [1.165, 1.54) is 6.20 Å². The molecule has 192 valence electrons. The fourth-order valence-electron chi connectivity index (χ4n) is 4.75. The Kier molecular flexibility index (Phi) is 7.06. The van der Waals surface area contributed by atoms with Gasteiger partial charge in [-0.25, -0.2) is 14.3 Å². The van der Waals surface area contributed by atoms with Crippen LogP contribution >= 0.6 is 0 Å². The van der Waals surface area contributed by atoms with Crippen LogP contribution < -0.4 is 10.6 Å². The van der Waals surface area contributed by atoms with Crippen molar-refractivity contribution in [2.75, 3.05) is 10.6 Å². The first kappa shape index (κ1) is 24.3. The molecule has 0 saturated heterocycles. The summed E-state index contributed by atoms with van der Waals surface area (Å²) >= 11 is 0. The van der Waals surface area contributed by atoms with Crippen molar-refractivity contribution in [2.45, 2.75) is 64.2 Å². The lowest BCUT2D eigenvalue weighted by molar-refractivity contribution is -0.137. The molecule has 12 nitrogen and oxygen atoms in total. The summed E-state index contributed by atoms with van der Waals surface area (Å²) in [5.41, 5.74) is 4.21. The van der Waals surface area contributed by atoms with Gasteiger partial charge in [0.05, 0.1) is 35.7 Å². The molecule has 4 heterocycles. The molecule has 1 fully saturated rings. The van der Waals surface area contributed by atoms with Crippen molar-refractivity contribution in [3.8, 4) is 11.5 Å². The van der Waals surface area contributed by atoms with E-state index in [-0.39, 0.29) is 6.42 Å². The van der Waals surface area contributed by atoms with Crippen molar-refractivity contribution in [3.05, 3.63) is 47.9 Å². The quantitative estimate of drug-likeness (QED) is 0.277. The number of rotatable bonds is 9. The Hall–Kier alpha value is -4.35. The van der Waals surface area contributed by atoms with Crippen molar-refractivity contribution in [2.24, 2.45) is 0 Å². The summed E-state index contributed by atoms with van der Waals surface area (Å²) in [6.45, 7) is 1.85. The van der Waals surface area contributed by atoms with Gasteiger partial charge in [-0.05, 0) is 44.2 Å². The van der Waals surface area contributed by atoms with Gasteiger partial charge in [-0.1, -0.05) is 18.0 Å². The number of nitrogens with zero attached hydrogens (tertiary/aromatic N) is 6. The smallest absolute Gasteiger partial charge is 0.323 e. The van der Waals surface area contributed by atoms with E-state index in [9.17, 15) is 9.59 Å². The summed E-state index contributed by atoms with van der Waals surface area (Å²) < 4.78 is 7.10. The van der Waals surface area contributed by atoms with Gasteiger partial charge in [-0.15, -0.1) is 0 Å². The second-order valence-corrected chi connectivity index (χ2v) is 9.22. The largest absolute Gasteiger partial charge is 0.481 e. The van der Waals surface area contributed by atoms with Crippen molar-refractivity contribution in [3.63, 3.8) is 0 Å². The van der Waals surface area contributed by atoms with E-state index in [1.807, 2.05) is 17.5 Å². The molecule has 1 saturated carbocycles. The molecule has 4 aromatic heterocycles. The number of aromatic nitrogens is 6. The number of aliphatic carboxylic acids is 1. The summed E-state index contributed by atoms with van der Waals surface area (Å²) in [6.07, 6.45) is 11.2. The molecule has 0 atom stereocenters. The van der Waals surface area contributed by atoms with Gasteiger partial charge in [0.2, 0.25) is 11.7 Å². The summed E-state index contributed by atoms with van der Waals surface area (Å²) in [5, 5.41) is 22.9. The lowest BCUT2D eigenvalue weighted by atomic mass is 10.0. The lowest BCUT2D eigenvalue weighted by Crippen LogP contribution is -2.22. The molecule has 0 aliphatic heterocycles. The number of fused-ring (bicyclic) bond motifs is 1. The fourth-order valence-corrected chi connectivity index (χ4v) is 4.75. The molecule has 1 aliphatic carbocycles. The van der Waals surface area contributed by atoms with E-state index < -0.39 is 12.0 Å². The van der Waals surface area contributed by atoms with Crippen LogP contribution in [-0.2, 0) is 11.2 Å². The van der Waals surface area contributed by atoms with Gasteiger partial charge < -0.3 is 20.3 Å². The number of carbonyl (C=O) groups is 2. The van der Waals surface area contributed by atoms with Gasteiger partial charge in [0.25, 0.3) is 0 Å². The molecule has 3 N–H and O–H groups in total. The summed E-state index contributed by atoms with van der Waals surface area (Å²) in [5.74, 6) is 0.282. The molecular formula is C25H28N8O4. The zero-order valence-corrected chi connectivity index (χ0v) is 20.5. The van der Waals surface area contributed by atoms with E-state index in [1.54, 1.807) is 18.5 Å². The Morgan fingerprint density at radius 2 is 2.00 bits per heavy atom. The van der Waals surface area contributed by atoms with Crippen LogP contribution in [0.15, 0.2) is 35.2 Å². The highest BCUT2D eigenvalue weighted by Gasteiger charge is 2.25. The number of unbranched alkanes of at least 4 members (excludes halogenated alkanes) is 1. The zero-order valence-electron chi connectivity index (χ0n) is 20.5. The van der Waals surface area contributed by atoms with Gasteiger partial charge in [-0.3, -0.25) is 9.78 Å². The number of carboxylic acid groups (broad SMARTS) is 1. The molecule has 37 heavy (non-hydrogen) atoms. The zero-order chi connectivity index (χ0) is 25.8. The minimum atomic E-state index is -0.821. The molecule has 2 amide bonds. The third-order valence-electron chi connectivity index (χ3n) is 6.49. The standard InChI is InChI=1S/C25H28N8O4/c1-15-12-17(13-27-22(15)24-31-20(37-32-24)8-4-5-9-21(34)35)29-25(36)30-18-14-26-19-10-11-28-33(19)23(18)16-6-2-3-7-16/h10-14,16H,2-9H2,1H3,(H,34,35)(H2,29,30,36). The van der Waals surface area contributed by atoms with Crippen molar-refractivity contribution in [1.29, 1.82) is 0 Å². The van der Waals surface area contributed by atoms with E-state index in [0.717, 1.165) is 42.6 Å². The maximum atomic E-state index is 12.9. The van der Waals surface area contributed by atoms with Crippen LogP contribution in [0.25, 0.3) is 17.2 Å². The molecule has 5 rings (SSSR count). The number of carboxylic acids is 1. The first-order valence-corrected chi connectivity index (χ1v) is 12.4. The van der Waals surface area contributed by atoms with Gasteiger partial charge >= 0.3 is 12.0 Å². The third-order valence-corrected chi connectivity index (χ3v) is 6.49. The molecule has 0 bridgehead atoms. The van der Waals surface area contributed by atoms with Crippen molar-refractivity contribution >= 4 is 29.0 Å². The number of urea groups is 1. The molecule has 0 unspecified atom stereocenters. The van der Waals surface area contributed by atoms with Crippen LogP contribution in [0.4, 0.5) is 16.2 Å². The maximum absolute atomic E-state index is 12.9. The second kappa shape index (κ2) is 10.7. The predicted octanol–water partition coefficient (Wildman–Crippen LogP) is 4.58. The highest BCUT2D eigenvalue weighted by molar-refractivity contribution is 6.00. The Morgan fingerprint density at radius 1 is 1.16 bits per heavy atom. The highest BCUT2D eigenvalue weighted by atomic mass is 16.5. The topological polar surface area (TPSA) is 160 Å². The van der Waals surface area contributed by atoms with Crippen LogP contribution in [0.1, 0.15) is 68.0 Å². The predicted molar refractivity (Wildman–Crippen MR) is 134 cm³/mol. The van der Waals surface area contributed by atoms with E-state index >= 15 is 0 Å². The number of amides is 2. The fraction of sp³-hybridized carbons (Fsp3) is 0.400. The minimum Gasteiger partial charge on any atom is -0.481 e. The second-order valence-electron chi connectivity index (χ2n) is 9.22. The highest BCUT2D eigenvalue weighted by Crippen LogP contribution is 2.37. The molecule has 0 aromatic carbocycles. The van der Waals surface area contributed by atoms with E-state index in [4.69, 9.17) is 9.63 Å². The average molecular weight is 505 g/mol. The molecule has 0 radical (unpaired) electrons. The SMILES string of the molecule is Cc1cc(NC(=O)Nc2cnc3ccnn3c2C2CCCC2)cnc1-c1noc(CCCCC(=O)O)n1. The number of anilines is 2. The minimum absolute atomic E-state index is 0.111. The Bertz CT molecular complexity index is 1420. The van der Waals surface area contributed by atoms with Crippen LogP contribution in [0.5, 0.6) is 0 Å². The van der Waals surface area contributed by atoms with E-state index in [0.29, 0.717) is 54.0 Å². The first-order chi connectivity index (χ1) is 18.0. The monoisotopic (exact) mass is 504 g/mol. The van der Waals surface area contributed by atoms with Crippen molar-refractivity contribution in [1.82, 2.24) is 29.7 Å². The number of nitrogens with one attached hydrogen (secondary N) is 2. The Morgan fingerprint density at radius 3 is 2.78 bits per heavy atom. The normalized spacial score (nSPS) is 13.8. The number of aryl methyl sites for hydroxylation is 2. The number of carbonyl (C=O) groups excluding carboxylic acids is 1. The van der Waals surface area contributed by atoms with Gasteiger partial charge in [0.15, 0.2) is 5.65 Å². The van der Waals surface area contributed by atoms with Crippen LogP contribution in [-0.4, -0.2) is 46.8 Å². The first-order valence-electron chi connectivity index (χ1n) is 12.4.